The monoisotopic (exact) mass is 185 g/mol. The number of aliphatic hydroxyl groups is 1. The minimum absolute atomic E-state index is 0.264. The van der Waals surface area contributed by atoms with Crippen LogP contribution in [0.1, 0.15) is 12.8 Å². The largest absolute Gasteiger partial charge is 0.465 e. The highest BCUT2D eigenvalue weighted by Gasteiger charge is 2.41. The van der Waals surface area contributed by atoms with E-state index in [4.69, 9.17) is 10.2 Å². The topological polar surface area (TPSA) is 60.8 Å². The molecule has 2 aliphatic rings. The lowest BCUT2D eigenvalue weighted by atomic mass is 10.0. The van der Waals surface area contributed by atoms with E-state index < -0.39 is 6.09 Å². The Morgan fingerprint density at radius 2 is 1.85 bits per heavy atom. The van der Waals surface area contributed by atoms with Crippen molar-refractivity contribution >= 4 is 6.09 Å². The molecule has 1 amide bonds. The van der Waals surface area contributed by atoms with Crippen molar-refractivity contribution < 1.29 is 15.0 Å². The van der Waals surface area contributed by atoms with E-state index in [-0.39, 0.29) is 6.61 Å². The summed E-state index contributed by atoms with van der Waals surface area (Å²) in [6, 6.07) is 0. The Hall–Kier alpha value is -0.770. The number of hydrogen-bond donors (Lipinski definition) is 2. The van der Waals surface area contributed by atoms with Gasteiger partial charge in [-0.25, -0.2) is 4.79 Å². The molecular formula is C9H15NO3. The lowest BCUT2D eigenvalue weighted by molar-refractivity contribution is 0.149. The molecule has 2 rings (SSSR count). The number of carbonyl (C=O) groups is 1. The molecule has 74 valence electrons. The number of amides is 1. The van der Waals surface area contributed by atoms with Crippen molar-refractivity contribution in [2.24, 2.45) is 17.8 Å². The number of hydrogen-bond acceptors (Lipinski definition) is 2. The van der Waals surface area contributed by atoms with E-state index in [1.807, 2.05) is 0 Å². The van der Waals surface area contributed by atoms with Gasteiger partial charge in [0.25, 0.3) is 0 Å². The molecule has 1 aliphatic carbocycles. The molecule has 0 aromatic heterocycles. The van der Waals surface area contributed by atoms with Crippen LogP contribution in [0.3, 0.4) is 0 Å². The fourth-order valence-corrected chi connectivity index (χ4v) is 2.73. The van der Waals surface area contributed by atoms with E-state index in [2.05, 4.69) is 0 Å². The highest BCUT2D eigenvalue weighted by Crippen LogP contribution is 2.41. The van der Waals surface area contributed by atoms with E-state index in [9.17, 15) is 4.79 Å². The van der Waals surface area contributed by atoms with Crippen LogP contribution >= 0.6 is 0 Å². The summed E-state index contributed by atoms with van der Waals surface area (Å²) in [7, 11) is 0. The molecule has 2 N–H and O–H groups in total. The van der Waals surface area contributed by atoms with Crippen LogP contribution in [0.25, 0.3) is 0 Å². The molecule has 0 aromatic carbocycles. The Kier molecular flexibility index (Phi) is 2.15. The molecule has 4 nitrogen and oxygen atoms in total. The highest BCUT2D eigenvalue weighted by molar-refractivity contribution is 5.65. The summed E-state index contributed by atoms with van der Waals surface area (Å²) in [5.41, 5.74) is 0. The zero-order valence-corrected chi connectivity index (χ0v) is 7.52. The van der Waals surface area contributed by atoms with Gasteiger partial charge in [0, 0.05) is 19.7 Å². The third kappa shape index (κ3) is 1.50. The second kappa shape index (κ2) is 3.18. The maximum Gasteiger partial charge on any atom is 0.407 e. The lowest BCUT2D eigenvalue weighted by Crippen LogP contribution is -2.28. The summed E-state index contributed by atoms with van der Waals surface area (Å²) < 4.78 is 0. The molecule has 0 bridgehead atoms. The fourth-order valence-electron chi connectivity index (χ4n) is 2.73. The molecule has 0 unspecified atom stereocenters. The van der Waals surface area contributed by atoms with E-state index in [1.54, 1.807) is 0 Å². The molecule has 1 saturated carbocycles. The van der Waals surface area contributed by atoms with Crippen LogP contribution < -0.4 is 0 Å². The van der Waals surface area contributed by atoms with E-state index in [0.717, 1.165) is 12.8 Å². The third-order valence-electron chi connectivity index (χ3n) is 3.38. The summed E-state index contributed by atoms with van der Waals surface area (Å²) in [5.74, 6) is 1.44. The molecule has 0 aromatic rings. The van der Waals surface area contributed by atoms with E-state index in [1.165, 1.54) is 4.90 Å². The van der Waals surface area contributed by atoms with Crippen LogP contribution in [0.5, 0.6) is 0 Å². The van der Waals surface area contributed by atoms with Crippen LogP contribution in [0.15, 0.2) is 0 Å². The van der Waals surface area contributed by atoms with Crippen molar-refractivity contribution in [3.05, 3.63) is 0 Å². The maximum atomic E-state index is 10.7. The average molecular weight is 185 g/mol. The quantitative estimate of drug-likeness (QED) is 0.629. The molecular weight excluding hydrogens is 170 g/mol. The Labute approximate surface area is 77.2 Å². The summed E-state index contributed by atoms with van der Waals surface area (Å²) in [5, 5.41) is 17.7. The maximum absolute atomic E-state index is 10.7. The van der Waals surface area contributed by atoms with Crippen molar-refractivity contribution in [2.45, 2.75) is 12.8 Å². The summed E-state index contributed by atoms with van der Waals surface area (Å²) in [4.78, 5) is 12.2. The van der Waals surface area contributed by atoms with Gasteiger partial charge in [-0.2, -0.15) is 0 Å². The fraction of sp³-hybridized carbons (Fsp3) is 0.889. The SMILES string of the molecule is O=C(O)N1C[C@H]2C[C@H](CO)C[C@H]2C1. The number of fused-ring (bicyclic) bond motifs is 1. The minimum Gasteiger partial charge on any atom is -0.465 e. The van der Waals surface area contributed by atoms with Gasteiger partial charge in [-0.3, -0.25) is 0 Å². The molecule has 3 atom stereocenters. The van der Waals surface area contributed by atoms with E-state index in [0.29, 0.717) is 30.8 Å². The van der Waals surface area contributed by atoms with E-state index >= 15 is 0 Å². The van der Waals surface area contributed by atoms with Gasteiger partial charge in [0.05, 0.1) is 0 Å². The predicted octanol–water partition coefficient (Wildman–Crippen LogP) is 0.615. The van der Waals surface area contributed by atoms with Crippen molar-refractivity contribution in [3.63, 3.8) is 0 Å². The zero-order valence-electron chi connectivity index (χ0n) is 7.52. The summed E-state index contributed by atoms with van der Waals surface area (Å²) >= 11 is 0. The second-order valence-electron chi connectivity index (χ2n) is 4.23. The van der Waals surface area contributed by atoms with Gasteiger partial charge < -0.3 is 15.1 Å². The van der Waals surface area contributed by atoms with Gasteiger partial charge in [-0.05, 0) is 30.6 Å². The van der Waals surface area contributed by atoms with Gasteiger partial charge in [0.2, 0.25) is 0 Å². The number of nitrogens with zero attached hydrogens (tertiary/aromatic N) is 1. The van der Waals surface area contributed by atoms with Gasteiger partial charge in [0.1, 0.15) is 0 Å². The van der Waals surface area contributed by atoms with Crippen LogP contribution in [-0.2, 0) is 0 Å². The van der Waals surface area contributed by atoms with Gasteiger partial charge >= 0.3 is 6.09 Å². The van der Waals surface area contributed by atoms with Crippen LogP contribution in [0.2, 0.25) is 0 Å². The Morgan fingerprint density at radius 1 is 1.31 bits per heavy atom. The molecule has 4 heteroatoms. The third-order valence-corrected chi connectivity index (χ3v) is 3.38. The minimum atomic E-state index is -0.796. The number of aliphatic hydroxyl groups excluding tert-OH is 1. The number of carboxylic acid groups (broad SMARTS) is 1. The van der Waals surface area contributed by atoms with Crippen LogP contribution in [0, 0.1) is 17.8 Å². The second-order valence-corrected chi connectivity index (χ2v) is 4.23. The predicted molar refractivity (Wildman–Crippen MR) is 46.4 cm³/mol. The van der Waals surface area contributed by atoms with Crippen LogP contribution in [-0.4, -0.2) is 40.9 Å². The number of likely N-dealkylation sites (tertiary alicyclic amines) is 1. The molecule has 1 heterocycles. The summed E-state index contributed by atoms with van der Waals surface area (Å²) in [6.45, 7) is 1.62. The van der Waals surface area contributed by atoms with Crippen molar-refractivity contribution in [1.82, 2.24) is 4.90 Å². The first kappa shape index (κ1) is 8.81. The first-order valence-electron chi connectivity index (χ1n) is 4.79. The number of rotatable bonds is 1. The van der Waals surface area contributed by atoms with Crippen molar-refractivity contribution in [3.8, 4) is 0 Å². The molecule has 2 fully saturated rings. The standard InChI is InChI=1S/C9H15NO3/c11-5-6-1-7-3-10(9(12)13)4-8(7)2-6/h6-8,11H,1-5H2,(H,12,13)/t6-,7+,8-. The zero-order chi connectivity index (χ0) is 9.42. The van der Waals surface area contributed by atoms with Crippen molar-refractivity contribution in [1.29, 1.82) is 0 Å². The Morgan fingerprint density at radius 3 is 2.23 bits per heavy atom. The first-order chi connectivity index (χ1) is 6.20. The molecule has 0 radical (unpaired) electrons. The Bertz CT molecular complexity index is 205. The van der Waals surface area contributed by atoms with Gasteiger partial charge in [-0.15, -0.1) is 0 Å². The van der Waals surface area contributed by atoms with Gasteiger partial charge in [-0.1, -0.05) is 0 Å². The lowest BCUT2D eigenvalue weighted by Gasteiger charge is -2.14. The smallest absolute Gasteiger partial charge is 0.407 e. The van der Waals surface area contributed by atoms with Gasteiger partial charge in [0.15, 0.2) is 0 Å². The molecule has 1 saturated heterocycles. The van der Waals surface area contributed by atoms with Crippen molar-refractivity contribution in [2.75, 3.05) is 19.7 Å². The highest BCUT2D eigenvalue weighted by atomic mass is 16.4. The summed E-state index contributed by atoms with van der Waals surface area (Å²) in [6.07, 6.45) is 1.21. The molecule has 1 aliphatic heterocycles. The first-order valence-corrected chi connectivity index (χ1v) is 4.79. The normalized spacial score (nSPS) is 37.9. The average Bonchev–Trinajstić information content (AvgIpc) is 2.58. The molecule has 0 spiro atoms. The molecule has 13 heavy (non-hydrogen) atoms. The van der Waals surface area contributed by atoms with Crippen LogP contribution in [0.4, 0.5) is 4.79 Å². The Balaban J connectivity index is 1.93.